The lowest BCUT2D eigenvalue weighted by molar-refractivity contribution is 0.317. The van der Waals surface area contributed by atoms with Gasteiger partial charge < -0.3 is 14.5 Å². The molecule has 1 aliphatic rings. The minimum Gasteiger partial charge on any atom is -0.356 e. The summed E-state index contributed by atoms with van der Waals surface area (Å²) in [5, 5.41) is 16.4. The largest absolute Gasteiger partial charge is 0.356 e. The summed E-state index contributed by atoms with van der Waals surface area (Å²) in [6, 6.07) is 10.9. The molecular weight excluding hydrogens is 461 g/mol. The number of imidazole rings is 1. The molecule has 0 radical (unpaired) electrons. The van der Waals surface area contributed by atoms with Crippen LogP contribution in [0.2, 0.25) is 0 Å². The van der Waals surface area contributed by atoms with Crippen LogP contribution in [0.5, 0.6) is 0 Å². The summed E-state index contributed by atoms with van der Waals surface area (Å²) in [5.74, 6) is 1.24. The number of aromatic amines is 3. The SMILES string of the molecule is Cc1nc([C@]2(c3cn[nH]c3)N[C@@H](c3ncc(-c4ccc(F)cn4)[nH]3)Cc3c2[nH]c2ccccc32)no1. The molecule has 1 aromatic carbocycles. The Morgan fingerprint density at radius 2 is 1.97 bits per heavy atom. The highest BCUT2D eigenvalue weighted by Crippen LogP contribution is 2.45. The van der Waals surface area contributed by atoms with Gasteiger partial charge in [0.2, 0.25) is 11.7 Å². The second-order valence-corrected chi connectivity index (χ2v) is 8.84. The van der Waals surface area contributed by atoms with Crippen LogP contribution in [0.25, 0.3) is 22.3 Å². The first kappa shape index (κ1) is 20.7. The Hall–Kier alpha value is -4.64. The van der Waals surface area contributed by atoms with Gasteiger partial charge in [-0.25, -0.2) is 9.37 Å². The van der Waals surface area contributed by atoms with Crippen LogP contribution in [0.15, 0.2) is 65.7 Å². The van der Waals surface area contributed by atoms with E-state index in [2.05, 4.69) is 57.7 Å². The Morgan fingerprint density at radius 1 is 1.06 bits per heavy atom. The zero-order valence-corrected chi connectivity index (χ0v) is 19.1. The number of fused-ring (bicyclic) bond motifs is 3. The number of pyridine rings is 1. The summed E-state index contributed by atoms with van der Waals surface area (Å²) < 4.78 is 18.8. The number of H-pyrrole nitrogens is 3. The van der Waals surface area contributed by atoms with Crippen molar-refractivity contribution in [1.29, 1.82) is 0 Å². The average molecular weight is 481 g/mol. The zero-order chi connectivity index (χ0) is 24.3. The van der Waals surface area contributed by atoms with Crippen molar-refractivity contribution in [2.45, 2.75) is 24.9 Å². The number of hydrogen-bond donors (Lipinski definition) is 4. The van der Waals surface area contributed by atoms with Crippen LogP contribution in [-0.2, 0) is 12.0 Å². The molecule has 36 heavy (non-hydrogen) atoms. The van der Waals surface area contributed by atoms with E-state index in [0.717, 1.165) is 27.7 Å². The van der Waals surface area contributed by atoms with Gasteiger partial charge in [0.15, 0.2) is 5.54 Å². The quantitative estimate of drug-likeness (QED) is 0.301. The molecule has 0 saturated heterocycles. The molecule has 0 bridgehead atoms. The van der Waals surface area contributed by atoms with E-state index in [9.17, 15) is 4.39 Å². The highest BCUT2D eigenvalue weighted by Gasteiger charge is 2.50. The first-order chi connectivity index (χ1) is 17.6. The highest BCUT2D eigenvalue weighted by molar-refractivity contribution is 5.86. The smallest absolute Gasteiger partial charge is 0.223 e. The van der Waals surface area contributed by atoms with Gasteiger partial charge in [0.1, 0.15) is 11.6 Å². The molecule has 5 aromatic heterocycles. The Balaban J connectivity index is 1.43. The number of aryl methyl sites for hydroxylation is 1. The predicted molar refractivity (Wildman–Crippen MR) is 127 cm³/mol. The van der Waals surface area contributed by atoms with Crippen molar-refractivity contribution < 1.29 is 8.91 Å². The molecule has 178 valence electrons. The minimum absolute atomic E-state index is 0.250. The van der Waals surface area contributed by atoms with Crippen LogP contribution in [0.4, 0.5) is 4.39 Å². The van der Waals surface area contributed by atoms with E-state index in [4.69, 9.17) is 4.52 Å². The van der Waals surface area contributed by atoms with E-state index < -0.39 is 5.54 Å². The summed E-state index contributed by atoms with van der Waals surface area (Å²) in [6.45, 7) is 1.76. The van der Waals surface area contributed by atoms with Gasteiger partial charge >= 0.3 is 0 Å². The molecule has 4 N–H and O–H groups in total. The van der Waals surface area contributed by atoms with Gasteiger partial charge in [-0.15, -0.1) is 0 Å². The first-order valence-corrected chi connectivity index (χ1v) is 11.5. The minimum atomic E-state index is -0.983. The maximum atomic E-state index is 13.4. The molecule has 7 rings (SSSR count). The van der Waals surface area contributed by atoms with Gasteiger partial charge in [0.25, 0.3) is 0 Å². The number of halogens is 1. The Kier molecular flexibility index (Phi) is 4.42. The predicted octanol–water partition coefficient (Wildman–Crippen LogP) is 3.69. The van der Waals surface area contributed by atoms with Crippen LogP contribution in [0, 0.1) is 12.7 Å². The van der Waals surface area contributed by atoms with E-state index in [1.165, 1.54) is 12.3 Å². The van der Waals surface area contributed by atoms with Crippen molar-refractivity contribution in [2.24, 2.45) is 0 Å². The molecular formula is C25H20FN9O. The lowest BCUT2D eigenvalue weighted by Crippen LogP contribution is -2.51. The monoisotopic (exact) mass is 481 g/mol. The van der Waals surface area contributed by atoms with Crippen LogP contribution in [0.1, 0.15) is 40.4 Å². The van der Waals surface area contributed by atoms with Crippen molar-refractivity contribution >= 4 is 10.9 Å². The normalized spacial score (nSPS) is 19.6. The van der Waals surface area contributed by atoms with Crippen molar-refractivity contribution in [2.75, 3.05) is 0 Å². The Morgan fingerprint density at radius 3 is 2.75 bits per heavy atom. The molecule has 0 fully saturated rings. The lowest BCUT2D eigenvalue weighted by atomic mass is 9.79. The maximum absolute atomic E-state index is 13.4. The van der Waals surface area contributed by atoms with E-state index in [-0.39, 0.29) is 11.9 Å². The Labute approximate surface area is 203 Å². The fraction of sp³-hybridized carbons (Fsp3) is 0.160. The highest BCUT2D eigenvalue weighted by atomic mass is 19.1. The third-order valence-electron chi connectivity index (χ3n) is 6.71. The van der Waals surface area contributed by atoms with Gasteiger partial charge in [0, 0.05) is 29.6 Å². The number of para-hydroxylation sites is 1. The van der Waals surface area contributed by atoms with Crippen LogP contribution in [0.3, 0.4) is 0 Å². The molecule has 1 aliphatic heterocycles. The van der Waals surface area contributed by atoms with Crippen LogP contribution in [-0.4, -0.2) is 40.3 Å². The fourth-order valence-corrected chi connectivity index (χ4v) is 5.11. The summed E-state index contributed by atoms with van der Waals surface area (Å²) in [4.78, 5) is 20.5. The summed E-state index contributed by atoms with van der Waals surface area (Å²) in [5.41, 5.74) is 4.20. The van der Waals surface area contributed by atoms with Crippen molar-refractivity contribution in [3.05, 3.63) is 101 Å². The number of nitrogens with zero attached hydrogens (tertiary/aromatic N) is 5. The van der Waals surface area contributed by atoms with Gasteiger partial charge in [-0.05, 0) is 30.2 Å². The number of rotatable bonds is 4. The second kappa shape index (κ2) is 7.68. The molecule has 6 heterocycles. The van der Waals surface area contributed by atoms with Crippen molar-refractivity contribution in [3.63, 3.8) is 0 Å². The third kappa shape index (κ3) is 3.02. The third-order valence-corrected chi connectivity index (χ3v) is 6.71. The van der Waals surface area contributed by atoms with Crippen molar-refractivity contribution in [3.8, 4) is 11.4 Å². The lowest BCUT2D eigenvalue weighted by Gasteiger charge is -2.39. The number of aromatic nitrogens is 8. The summed E-state index contributed by atoms with van der Waals surface area (Å²) in [6.07, 6.45) is 7.13. The van der Waals surface area contributed by atoms with E-state index in [1.54, 1.807) is 25.4 Å². The topological polar surface area (TPSA) is 137 Å². The summed E-state index contributed by atoms with van der Waals surface area (Å²) >= 11 is 0. The molecule has 2 atom stereocenters. The molecule has 11 heteroatoms. The van der Waals surface area contributed by atoms with E-state index in [1.807, 2.05) is 18.3 Å². The van der Waals surface area contributed by atoms with Gasteiger partial charge in [-0.2, -0.15) is 10.1 Å². The van der Waals surface area contributed by atoms with Crippen LogP contribution < -0.4 is 5.32 Å². The molecule has 0 amide bonds. The van der Waals surface area contributed by atoms with E-state index in [0.29, 0.717) is 35.3 Å². The maximum Gasteiger partial charge on any atom is 0.223 e. The van der Waals surface area contributed by atoms with Gasteiger partial charge in [-0.1, -0.05) is 23.4 Å². The number of nitrogens with one attached hydrogen (secondary N) is 4. The molecule has 0 unspecified atom stereocenters. The molecule has 6 aromatic rings. The second-order valence-electron chi connectivity index (χ2n) is 8.84. The first-order valence-electron chi connectivity index (χ1n) is 11.5. The van der Waals surface area contributed by atoms with E-state index >= 15 is 0 Å². The van der Waals surface area contributed by atoms with Crippen LogP contribution >= 0.6 is 0 Å². The molecule has 0 saturated carbocycles. The number of benzene rings is 1. The average Bonchev–Trinajstić information content (AvgIpc) is 3.70. The van der Waals surface area contributed by atoms with Gasteiger partial charge in [0.05, 0.1) is 41.7 Å². The number of hydrogen-bond acceptors (Lipinski definition) is 7. The van der Waals surface area contributed by atoms with Gasteiger partial charge in [-0.3, -0.25) is 15.4 Å². The molecule has 0 aliphatic carbocycles. The molecule has 0 spiro atoms. The zero-order valence-electron chi connectivity index (χ0n) is 19.1. The summed E-state index contributed by atoms with van der Waals surface area (Å²) in [7, 11) is 0. The standard InChI is InChI=1S/C25H20FN9O/c1-13-31-24(35-36-13)25(14-9-29-30-10-14)22-17(16-4-2-3-5-18(16)32-22)8-20(34-25)23-28-12-21(33-23)19-7-6-15(26)11-27-19/h2-7,9-12,20,32,34H,8H2,1H3,(H,28,33)(H,29,30)/t20-,25-/m1/s1. The molecule has 10 nitrogen and oxygen atoms in total. The Bertz CT molecular complexity index is 1680. The van der Waals surface area contributed by atoms with Crippen molar-refractivity contribution in [1.82, 2.24) is 45.6 Å². The fourth-order valence-electron chi connectivity index (χ4n) is 5.11.